The number of piperidine rings is 1. The van der Waals surface area contributed by atoms with E-state index in [2.05, 4.69) is 4.90 Å². The average Bonchev–Trinajstić information content (AvgIpc) is 2.92. The second kappa shape index (κ2) is 5.90. The van der Waals surface area contributed by atoms with E-state index >= 15 is 0 Å². The number of likely N-dealkylation sites (tertiary alicyclic amines) is 1. The highest BCUT2D eigenvalue weighted by atomic mass is 35.5. The molecular formula is C14H27ClN2. The van der Waals surface area contributed by atoms with E-state index in [1.807, 2.05) is 0 Å². The second-order valence-corrected chi connectivity index (χ2v) is 6.41. The van der Waals surface area contributed by atoms with Crippen molar-refractivity contribution in [1.82, 2.24) is 4.90 Å². The Bertz CT molecular complexity index is 238. The van der Waals surface area contributed by atoms with Crippen molar-refractivity contribution in [3.8, 4) is 0 Å². The number of nitrogens with zero attached hydrogens (tertiary/aromatic N) is 1. The van der Waals surface area contributed by atoms with Crippen LogP contribution in [-0.4, -0.2) is 31.1 Å². The highest BCUT2D eigenvalue weighted by Crippen LogP contribution is 2.48. The molecule has 2 saturated carbocycles. The van der Waals surface area contributed by atoms with Crippen LogP contribution in [0.25, 0.3) is 0 Å². The van der Waals surface area contributed by atoms with Gasteiger partial charge < -0.3 is 10.6 Å². The molecule has 0 aromatic heterocycles. The molecule has 1 saturated heterocycles. The summed E-state index contributed by atoms with van der Waals surface area (Å²) in [5, 5.41) is 0. The minimum atomic E-state index is 0. The van der Waals surface area contributed by atoms with E-state index in [-0.39, 0.29) is 12.4 Å². The highest BCUT2D eigenvalue weighted by molar-refractivity contribution is 5.85. The van der Waals surface area contributed by atoms with Gasteiger partial charge in [0, 0.05) is 6.54 Å². The molecule has 3 unspecified atom stereocenters. The summed E-state index contributed by atoms with van der Waals surface area (Å²) < 4.78 is 0. The molecule has 3 atom stereocenters. The zero-order valence-corrected chi connectivity index (χ0v) is 11.6. The molecule has 2 aliphatic carbocycles. The molecule has 0 aromatic rings. The van der Waals surface area contributed by atoms with Crippen molar-refractivity contribution >= 4 is 12.4 Å². The summed E-state index contributed by atoms with van der Waals surface area (Å²) in [5.41, 5.74) is 5.74. The van der Waals surface area contributed by atoms with Gasteiger partial charge in [0.1, 0.15) is 0 Å². The third-order valence-corrected chi connectivity index (χ3v) is 5.42. The van der Waals surface area contributed by atoms with Crippen LogP contribution in [0.15, 0.2) is 0 Å². The van der Waals surface area contributed by atoms with Crippen LogP contribution in [0, 0.1) is 23.7 Å². The fraction of sp³-hybridized carbons (Fsp3) is 1.00. The quantitative estimate of drug-likeness (QED) is 0.843. The van der Waals surface area contributed by atoms with Crippen LogP contribution in [0.5, 0.6) is 0 Å². The van der Waals surface area contributed by atoms with Crippen molar-refractivity contribution in [3.05, 3.63) is 0 Å². The molecule has 3 rings (SSSR count). The Morgan fingerprint density at radius 1 is 1.00 bits per heavy atom. The first-order valence-electron chi connectivity index (χ1n) is 7.27. The van der Waals surface area contributed by atoms with Gasteiger partial charge in [-0.05, 0) is 75.4 Å². The molecule has 0 aromatic carbocycles. The first kappa shape index (κ1) is 13.6. The Morgan fingerprint density at radius 2 is 1.76 bits per heavy atom. The topological polar surface area (TPSA) is 29.3 Å². The molecule has 2 nitrogen and oxygen atoms in total. The van der Waals surface area contributed by atoms with Crippen LogP contribution in [0.1, 0.15) is 38.5 Å². The number of halogens is 1. The summed E-state index contributed by atoms with van der Waals surface area (Å²) in [7, 11) is 0. The first-order chi connectivity index (χ1) is 7.85. The van der Waals surface area contributed by atoms with Crippen LogP contribution >= 0.6 is 12.4 Å². The summed E-state index contributed by atoms with van der Waals surface area (Å²) in [6.45, 7) is 4.94. The number of hydrogen-bond acceptors (Lipinski definition) is 2. The summed E-state index contributed by atoms with van der Waals surface area (Å²) in [4.78, 5) is 2.72. The van der Waals surface area contributed by atoms with Gasteiger partial charge in [-0.1, -0.05) is 6.42 Å². The van der Waals surface area contributed by atoms with Gasteiger partial charge in [-0.2, -0.15) is 0 Å². The Balaban J connectivity index is 0.00000108. The van der Waals surface area contributed by atoms with Gasteiger partial charge in [0.15, 0.2) is 0 Å². The molecule has 100 valence electrons. The normalized spacial score (nSPS) is 38.3. The number of fused-ring (bicyclic) bond motifs is 2. The predicted octanol–water partition coefficient (Wildman–Crippen LogP) is 2.52. The SMILES string of the molecule is Cl.NCC1CCN(CC2CC3CCC2C3)CC1. The Morgan fingerprint density at radius 3 is 2.29 bits per heavy atom. The first-order valence-corrected chi connectivity index (χ1v) is 7.27. The lowest BCUT2D eigenvalue weighted by molar-refractivity contribution is 0.141. The third-order valence-electron chi connectivity index (χ3n) is 5.42. The lowest BCUT2D eigenvalue weighted by Crippen LogP contribution is -2.39. The van der Waals surface area contributed by atoms with Gasteiger partial charge in [0.2, 0.25) is 0 Å². The van der Waals surface area contributed by atoms with Gasteiger partial charge in [0.05, 0.1) is 0 Å². The lowest BCUT2D eigenvalue weighted by atomic mass is 9.87. The molecule has 1 aliphatic heterocycles. The largest absolute Gasteiger partial charge is 0.330 e. The van der Waals surface area contributed by atoms with E-state index in [1.54, 1.807) is 12.8 Å². The molecule has 3 fully saturated rings. The van der Waals surface area contributed by atoms with Gasteiger partial charge in [-0.3, -0.25) is 0 Å². The van der Waals surface area contributed by atoms with Crippen molar-refractivity contribution in [2.24, 2.45) is 29.4 Å². The highest BCUT2D eigenvalue weighted by Gasteiger charge is 2.40. The minimum absolute atomic E-state index is 0. The van der Waals surface area contributed by atoms with Gasteiger partial charge in [-0.15, -0.1) is 12.4 Å². The molecule has 1 heterocycles. The molecule has 0 amide bonds. The Kier molecular flexibility index (Phi) is 4.73. The monoisotopic (exact) mass is 258 g/mol. The fourth-order valence-electron chi connectivity index (χ4n) is 4.34. The van der Waals surface area contributed by atoms with Crippen LogP contribution in [0.2, 0.25) is 0 Å². The van der Waals surface area contributed by atoms with Crippen molar-refractivity contribution in [2.45, 2.75) is 38.5 Å². The van der Waals surface area contributed by atoms with Gasteiger partial charge in [-0.25, -0.2) is 0 Å². The number of hydrogen-bond donors (Lipinski definition) is 1. The summed E-state index contributed by atoms with van der Waals surface area (Å²) >= 11 is 0. The standard InChI is InChI=1S/C14H26N2.ClH/c15-9-11-3-5-16(6-4-11)10-14-8-12-1-2-13(14)7-12;/h11-14H,1-10,15H2;1H. The van der Waals surface area contributed by atoms with Crippen LogP contribution < -0.4 is 5.73 Å². The molecule has 2 bridgehead atoms. The maximum Gasteiger partial charge on any atom is 0.00124 e. The smallest absolute Gasteiger partial charge is 0.00124 e. The van der Waals surface area contributed by atoms with E-state index in [1.165, 1.54) is 45.3 Å². The van der Waals surface area contributed by atoms with Crippen molar-refractivity contribution in [2.75, 3.05) is 26.2 Å². The summed E-state index contributed by atoms with van der Waals surface area (Å²) in [6, 6.07) is 0. The van der Waals surface area contributed by atoms with E-state index in [0.717, 1.165) is 30.2 Å². The Labute approximate surface area is 112 Å². The molecule has 3 aliphatic rings. The minimum Gasteiger partial charge on any atom is -0.330 e. The third kappa shape index (κ3) is 2.97. The number of rotatable bonds is 3. The van der Waals surface area contributed by atoms with Crippen molar-refractivity contribution < 1.29 is 0 Å². The summed E-state index contributed by atoms with van der Waals surface area (Å²) in [6.07, 6.45) is 8.87. The van der Waals surface area contributed by atoms with E-state index < -0.39 is 0 Å². The predicted molar refractivity (Wildman–Crippen MR) is 74.4 cm³/mol. The molecule has 2 N–H and O–H groups in total. The molecule has 0 radical (unpaired) electrons. The molecule has 0 spiro atoms. The van der Waals surface area contributed by atoms with Gasteiger partial charge >= 0.3 is 0 Å². The van der Waals surface area contributed by atoms with Crippen LogP contribution in [0.3, 0.4) is 0 Å². The van der Waals surface area contributed by atoms with E-state index in [0.29, 0.717) is 0 Å². The van der Waals surface area contributed by atoms with E-state index in [4.69, 9.17) is 5.73 Å². The van der Waals surface area contributed by atoms with Gasteiger partial charge in [0.25, 0.3) is 0 Å². The zero-order valence-electron chi connectivity index (χ0n) is 10.8. The second-order valence-electron chi connectivity index (χ2n) is 6.41. The van der Waals surface area contributed by atoms with Crippen LogP contribution in [0.4, 0.5) is 0 Å². The van der Waals surface area contributed by atoms with Crippen molar-refractivity contribution in [1.29, 1.82) is 0 Å². The molecular weight excluding hydrogens is 232 g/mol. The Hall–Kier alpha value is 0.210. The summed E-state index contributed by atoms with van der Waals surface area (Å²) in [5.74, 6) is 4.07. The van der Waals surface area contributed by atoms with E-state index in [9.17, 15) is 0 Å². The van der Waals surface area contributed by atoms with Crippen LogP contribution in [-0.2, 0) is 0 Å². The average molecular weight is 259 g/mol. The fourth-order valence-corrected chi connectivity index (χ4v) is 4.34. The molecule has 17 heavy (non-hydrogen) atoms. The van der Waals surface area contributed by atoms with Crippen molar-refractivity contribution in [3.63, 3.8) is 0 Å². The number of nitrogens with two attached hydrogens (primary N) is 1. The molecule has 3 heteroatoms. The zero-order chi connectivity index (χ0) is 11.0. The maximum absolute atomic E-state index is 5.74. The lowest BCUT2D eigenvalue weighted by Gasteiger charge is -2.35. The maximum atomic E-state index is 5.74.